The molecule has 1 aromatic rings. The van der Waals surface area contributed by atoms with Gasteiger partial charge in [0.2, 0.25) is 0 Å². The van der Waals surface area contributed by atoms with Gasteiger partial charge in [-0.05, 0) is 38.5 Å². The number of halogens is 1. The standard InChI is InChI=1S/C15H21ClN2O3/c1-10(2)18(9-8-14(19)20)15(21)17-11(3)12-4-6-13(16)7-5-12/h4-7,10-11H,8-9H2,1-3H3,(H,17,21)(H,19,20). The second kappa shape index (κ2) is 7.88. The number of benzene rings is 1. The lowest BCUT2D eigenvalue weighted by atomic mass is 10.1. The predicted octanol–water partition coefficient (Wildman–Crippen LogP) is 3.30. The highest BCUT2D eigenvalue weighted by molar-refractivity contribution is 6.30. The molecule has 1 atom stereocenters. The summed E-state index contributed by atoms with van der Waals surface area (Å²) >= 11 is 5.83. The second-order valence-electron chi connectivity index (χ2n) is 5.15. The van der Waals surface area contributed by atoms with Crippen molar-refractivity contribution in [1.29, 1.82) is 0 Å². The van der Waals surface area contributed by atoms with Crippen molar-refractivity contribution in [3.05, 3.63) is 34.9 Å². The van der Waals surface area contributed by atoms with E-state index in [1.165, 1.54) is 4.90 Å². The Morgan fingerprint density at radius 1 is 1.24 bits per heavy atom. The first kappa shape index (κ1) is 17.3. The maximum absolute atomic E-state index is 12.2. The van der Waals surface area contributed by atoms with E-state index in [9.17, 15) is 9.59 Å². The first-order chi connectivity index (χ1) is 9.81. The molecule has 0 spiro atoms. The van der Waals surface area contributed by atoms with Gasteiger partial charge >= 0.3 is 12.0 Å². The molecule has 0 fully saturated rings. The number of carbonyl (C=O) groups is 2. The van der Waals surface area contributed by atoms with E-state index in [0.717, 1.165) is 5.56 Å². The van der Waals surface area contributed by atoms with E-state index in [1.807, 2.05) is 32.9 Å². The van der Waals surface area contributed by atoms with Crippen molar-refractivity contribution < 1.29 is 14.7 Å². The molecular formula is C15H21ClN2O3. The third-order valence-electron chi connectivity index (χ3n) is 3.16. The first-order valence-electron chi connectivity index (χ1n) is 6.85. The van der Waals surface area contributed by atoms with Crippen LogP contribution in [0.1, 0.15) is 38.8 Å². The third kappa shape index (κ3) is 5.63. The van der Waals surface area contributed by atoms with Gasteiger partial charge in [0.15, 0.2) is 0 Å². The molecule has 1 unspecified atom stereocenters. The Morgan fingerprint density at radius 3 is 2.29 bits per heavy atom. The minimum Gasteiger partial charge on any atom is -0.481 e. The van der Waals surface area contributed by atoms with Crippen molar-refractivity contribution in [3.63, 3.8) is 0 Å². The van der Waals surface area contributed by atoms with Crippen LogP contribution in [0.3, 0.4) is 0 Å². The quantitative estimate of drug-likeness (QED) is 0.846. The molecule has 6 heteroatoms. The smallest absolute Gasteiger partial charge is 0.318 e. The molecule has 2 amide bonds. The Kier molecular flexibility index (Phi) is 6.49. The van der Waals surface area contributed by atoms with Crippen LogP contribution < -0.4 is 5.32 Å². The Morgan fingerprint density at radius 2 is 1.81 bits per heavy atom. The summed E-state index contributed by atoms with van der Waals surface area (Å²) < 4.78 is 0. The number of urea groups is 1. The Labute approximate surface area is 129 Å². The van der Waals surface area contributed by atoms with E-state index in [4.69, 9.17) is 16.7 Å². The van der Waals surface area contributed by atoms with E-state index in [0.29, 0.717) is 5.02 Å². The highest BCUT2D eigenvalue weighted by atomic mass is 35.5. The Balaban J connectivity index is 2.67. The number of carboxylic acid groups (broad SMARTS) is 1. The van der Waals surface area contributed by atoms with E-state index in [-0.39, 0.29) is 31.1 Å². The van der Waals surface area contributed by atoms with Gasteiger partial charge in [0.05, 0.1) is 12.5 Å². The summed E-state index contributed by atoms with van der Waals surface area (Å²) in [5.41, 5.74) is 0.940. The summed E-state index contributed by atoms with van der Waals surface area (Å²) in [7, 11) is 0. The molecule has 116 valence electrons. The SMILES string of the molecule is CC(NC(=O)N(CCC(=O)O)C(C)C)c1ccc(Cl)cc1. The van der Waals surface area contributed by atoms with E-state index >= 15 is 0 Å². The van der Waals surface area contributed by atoms with Gasteiger partial charge in [-0.3, -0.25) is 4.79 Å². The molecule has 0 aromatic heterocycles. The zero-order valence-electron chi connectivity index (χ0n) is 12.5. The third-order valence-corrected chi connectivity index (χ3v) is 3.41. The highest BCUT2D eigenvalue weighted by Crippen LogP contribution is 2.16. The minimum absolute atomic E-state index is 0.0678. The second-order valence-corrected chi connectivity index (χ2v) is 5.59. The fourth-order valence-electron chi connectivity index (χ4n) is 1.91. The van der Waals surface area contributed by atoms with Gasteiger partial charge in [0.25, 0.3) is 0 Å². The average Bonchev–Trinajstić information content (AvgIpc) is 2.38. The van der Waals surface area contributed by atoms with Crippen LogP contribution in [-0.2, 0) is 4.79 Å². The van der Waals surface area contributed by atoms with Crippen LogP contribution in [-0.4, -0.2) is 34.6 Å². The summed E-state index contributed by atoms with van der Waals surface area (Å²) in [6.07, 6.45) is -0.0685. The molecule has 0 heterocycles. The summed E-state index contributed by atoms with van der Waals surface area (Å²) in [6.45, 7) is 5.77. The molecule has 21 heavy (non-hydrogen) atoms. The summed E-state index contributed by atoms with van der Waals surface area (Å²) in [6, 6.07) is 6.72. The van der Waals surface area contributed by atoms with Crippen LogP contribution in [0.4, 0.5) is 4.79 Å². The van der Waals surface area contributed by atoms with Crippen LogP contribution in [0, 0.1) is 0 Å². The predicted molar refractivity (Wildman–Crippen MR) is 82.5 cm³/mol. The summed E-state index contributed by atoms with van der Waals surface area (Å²) in [5, 5.41) is 12.3. The summed E-state index contributed by atoms with van der Waals surface area (Å²) in [4.78, 5) is 24.4. The zero-order chi connectivity index (χ0) is 16.0. The van der Waals surface area contributed by atoms with Crippen molar-refractivity contribution in [2.45, 2.75) is 39.3 Å². The van der Waals surface area contributed by atoms with Crippen molar-refractivity contribution >= 4 is 23.6 Å². The monoisotopic (exact) mass is 312 g/mol. The van der Waals surface area contributed by atoms with Gasteiger partial charge in [-0.2, -0.15) is 0 Å². The van der Waals surface area contributed by atoms with E-state index in [1.54, 1.807) is 12.1 Å². The molecule has 0 bridgehead atoms. The van der Waals surface area contributed by atoms with Crippen molar-refractivity contribution in [1.82, 2.24) is 10.2 Å². The molecule has 0 saturated heterocycles. The van der Waals surface area contributed by atoms with Gasteiger partial charge < -0.3 is 15.3 Å². The van der Waals surface area contributed by atoms with Crippen molar-refractivity contribution in [2.75, 3.05) is 6.54 Å². The topological polar surface area (TPSA) is 69.6 Å². The van der Waals surface area contributed by atoms with Crippen LogP contribution in [0.25, 0.3) is 0 Å². The van der Waals surface area contributed by atoms with Crippen LogP contribution in [0.15, 0.2) is 24.3 Å². The fourth-order valence-corrected chi connectivity index (χ4v) is 2.04. The molecule has 0 radical (unpaired) electrons. The number of carboxylic acids is 1. The van der Waals surface area contributed by atoms with Gasteiger partial charge in [-0.15, -0.1) is 0 Å². The molecule has 0 aliphatic rings. The largest absolute Gasteiger partial charge is 0.481 e. The van der Waals surface area contributed by atoms with Gasteiger partial charge in [0.1, 0.15) is 0 Å². The number of hydrogen-bond acceptors (Lipinski definition) is 2. The molecule has 0 aliphatic carbocycles. The minimum atomic E-state index is -0.917. The highest BCUT2D eigenvalue weighted by Gasteiger charge is 2.19. The summed E-state index contributed by atoms with van der Waals surface area (Å²) in [5.74, 6) is -0.917. The van der Waals surface area contributed by atoms with Crippen molar-refractivity contribution in [2.24, 2.45) is 0 Å². The Hall–Kier alpha value is -1.75. The molecular weight excluding hydrogens is 292 g/mol. The molecule has 0 saturated carbocycles. The van der Waals surface area contributed by atoms with E-state index < -0.39 is 5.97 Å². The van der Waals surface area contributed by atoms with Crippen LogP contribution >= 0.6 is 11.6 Å². The number of nitrogens with one attached hydrogen (secondary N) is 1. The maximum atomic E-state index is 12.2. The molecule has 5 nitrogen and oxygen atoms in total. The van der Waals surface area contributed by atoms with E-state index in [2.05, 4.69) is 5.32 Å². The zero-order valence-corrected chi connectivity index (χ0v) is 13.2. The van der Waals surface area contributed by atoms with Gasteiger partial charge in [-0.25, -0.2) is 4.79 Å². The number of hydrogen-bond donors (Lipinski definition) is 2. The number of carbonyl (C=O) groups excluding carboxylic acids is 1. The first-order valence-corrected chi connectivity index (χ1v) is 7.23. The normalized spacial score (nSPS) is 12.0. The number of rotatable bonds is 6. The van der Waals surface area contributed by atoms with Crippen molar-refractivity contribution in [3.8, 4) is 0 Å². The number of amides is 2. The molecule has 1 rings (SSSR count). The van der Waals surface area contributed by atoms with Crippen LogP contribution in [0.2, 0.25) is 5.02 Å². The lowest BCUT2D eigenvalue weighted by Gasteiger charge is -2.28. The van der Waals surface area contributed by atoms with Gasteiger partial charge in [-0.1, -0.05) is 23.7 Å². The fraction of sp³-hybridized carbons (Fsp3) is 0.467. The van der Waals surface area contributed by atoms with Crippen LogP contribution in [0.5, 0.6) is 0 Å². The Bertz CT molecular complexity index is 488. The maximum Gasteiger partial charge on any atom is 0.318 e. The molecule has 2 N–H and O–H groups in total. The lowest BCUT2D eigenvalue weighted by molar-refractivity contribution is -0.137. The molecule has 1 aromatic carbocycles. The lowest BCUT2D eigenvalue weighted by Crippen LogP contribution is -2.45. The number of aliphatic carboxylic acids is 1. The molecule has 0 aliphatic heterocycles. The number of nitrogens with zero attached hydrogens (tertiary/aromatic N) is 1. The average molecular weight is 313 g/mol. The van der Waals surface area contributed by atoms with Gasteiger partial charge in [0, 0.05) is 17.6 Å².